The number of nitrogens with zero attached hydrogens (tertiary/aromatic N) is 2. The van der Waals surface area contributed by atoms with Gasteiger partial charge in [-0.3, -0.25) is 4.79 Å². The second kappa shape index (κ2) is 6.55. The molecule has 3 rings (SSSR count). The molecule has 5 nitrogen and oxygen atoms in total. The molecule has 0 unspecified atom stereocenters. The number of hydrogen-bond acceptors (Lipinski definition) is 4. The number of hydrogen-bond donors (Lipinski definition) is 0. The van der Waals surface area contributed by atoms with Gasteiger partial charge >= 0.3 is 0 Å². The van der Waals surface area contributed by atoms with E-state index in [1.165, 1.54) is 11.8 Å². The zero-order valence-corrected chi connectivity index (χ0v) is 16.3. The molecule has 0 aliphatic carbocycles. The van der Waals surface area contributed by atoms with Gasteiger partial charge in [0.05, 0.1) is 28.3 Å². The van der Waals surface area contributed by atoms with Crippen LogP contribution < -0.4 is 4.90 Å². The number of halogens is 3. The molecule has 2 atom stereocenters. The van der Waals surface area contributed by atoms with Crippen molar-refractivity contribution in [3.63, 3.8) is 0 Å². The number of alkyl halides is 1. The van der Waals surface area contributed by atoms with Crippen LogP contribution in [-0.4, -0.2) is 48.2 Å². The Hall–Kier alpha value is -0.280. The maximum atomic E-state index is 11.9. The van der Waals surface area contributed by atoms with E-state index >= 15 is 0 Å². The van der Waals surface area contributed by atoms with Crippen LogP contribution in [-0.2, 0) is 14.6 Å². The number of aliphatic imine (C=N–C) groups is 1. The normalized spacial score (nSPS) is 27.4. The minimum atomic E-state index is -3.11. The number of sulfone groups is 1. The van der Waals surface area contributed by atoms with Crippen LogP contribution in [0.2, 0.25) is 5.02 Å². The third-order valence-electron chi connectivity index (χ3n) is 3.57. The zero-order chi connectivity index (χ0) is 16.8. The Kier molecular flexibility index (Phi) is 5.00. The number of amides is 1. The number of rotatable bonds is 2. The molecule has 2 aliphatic heterocycles. The second-order valence-electron chi connectivity index (χ2n) is 5.19. The van der Waals surface area contributed by atoms with E-state index in [-0.39, 0.29) is 28.7 Å². The van der Waals surface area contributed by atoms with E-state index in [4.69, 9.17) is 23.2 Å². The Labute approximate surface area is 156 Å². The Morgan fingerprint density at radius 1 is 1.43 bits per heavy atom. The molecule has 0 N–H and O–H groups in total. The molecule has 0 aromatic heterocycles. The molecule has 2 saturated heterocycles. The average molecular weight is 458 g/mol. The Balaban J connectivity index is 2.06. The molecule has 2 fully saturated rings. The van der Waals surface area contributed by atoms with Crippen LogP contribution in [0.4, 0.5) is 5.69 Å². The van der Waals surface area contributed by atoms with Crippen LogP contribution in [0.1, 0.15) is 0 Å². The van der Waals surface area contributed by atoms with E-state index in [1.54, 1.807) is 17.0 Å². The number of thioether (sulfide) groups is 1. The molecule has 23 heavy (non-hydrogen) atoms. The van der Waals surface area contributed by atoms with Crippen molar-refractivity contribution >= 4 is 77.5 Å². The van der Waals surface area contributed by atoms with Gasteiger partial charge < -0.3 is 4.90 Å². The molecular weight excluding hydrogens is 447 g/mol. The van der Waals surface area contributed by atoms with Crippen molar-refractivity contribution in [3.8, 4) is 0 Å². The number of fused-ring (bicyclic) bond motifs is 1. The van der Waals surface area contributed by atoms with Gasteiger partial charge in [0, 0.05) is 9.72 Å². The van der Waals surface area contributed by atoms with Crippen molar-refractivity contribution in [2.45, 2.75) is 11.3 Å². The molecule has 10 heteroatoms. The first-order chi connectivity index (χ1) is 10.8. The zero-order valence-electron chi connectivity index (χ0n) is 11.6. The van der Waals surface area contributed by atoms with Gasteiger partial charge in [0.25, 0.3) is 5.91 Å². The van der Waals surface area contributed by atoms with Gasteiger partial charge in [0.15, 0.2) is 15.0 Å². The summed E-state index contributed by atoms with van der Waals surface area (Å²) >= 11 is 16.5. The lowest BCUT2D eigenvalue weighted by Gasteiger charge is -2.25. The standard InChI is InChI=1S/C13H11BrCl2N2O3S2/c14-7-1-2-9(8(16)3-7)18-10-5-23(20,21)6-11(10)22-13(18)17-12(19)4-15/h1-3,10-11H,4-6H2/t10-,11+/m0/s1. The highest BCUT2D eigenvalue weighted by Gasteiger charge is 2.49. The highest BCUT2D eigenvalue weighted by Crippen LogP contribution is 2.43. The van der Waals surface area contributed by atoms with Gasteiger partial charge in [-0.05, 0) is 18.2 Å². The van der Waals surface area contributed by atoms with Crippen LogP contribution in [0.15, 0.2) is 27.7 Å². The highest BCUT2D eigenvalue weighted by atomic mass is 79.9. The molecule has 1 aromatic rings. The van der Waals surface area contributed by atoms with Crippen LogP contribution in [0.25, 0.3) is 0 Å². The number of amidine groups is 1. The lowest BCUT2D eigenvalue weighted by atomic mass is 10.2. The number of benzene rings is 1. The molecule has 2 aliphatic rings. The minimum absolute atomic E-state index is 0.0190. The number of carbonyl (C=O) groups is 1. The van der Waals surface area contributed by atoms with Crippen molar-refractivity contribution < 1.29 is 13.2 Å². The van der Waals surface area contributed by atoms with Crippen LogP contribution in [0.5, 0.6) is 0 Å². The summed E-state index contributed by atoms with van der Waals surface area (Å²) in [5.74, 6) is -0.596. The topological polar surface area (TPSA) is 66.8 Å². The molecule has 1 aromatic carbocycles. The van der Waals surface area contributed by atoms with Gasteiger partial charge in [-0.15, -0.1) is 11.6 Å². The Morgan fingerprint density at radius 3 is 2.83 bits per heavy atom. The molecule has 0 saturated carbocycles. The monoisotopic (exact) mass is 456 g/mol. The first-order valence-corrected chi connectivity index (χ1v) is 11.0. The molecular formula is C13H11BrCl2N2O3S2. The third-order valence-corrected chi connectivity index (χ3v) is 7.80. The smallest absolute Gasteiger partial charge is 0.262 e. The highest BCUT2D eigenvalue weighted by molar-refractivity contribution is 9.10. The van der Waals surface area contributed by atoms with E-state index in [1.807, 2.05) is 6.07 Å². The van der Waals surface area contributed by atoms with Crippen molar-refractivity contribution in [2.75, 3.05) is 22.3 Å². The van der Waals surface area contributed by atoms with Crippen molar-refractivity contribution in [1.82, 2.24) is 0 Å². The predicted molar refractivity (Wildman–Crippen MR) is 98.6 cm³/mol. The number of carbonyl (C=O) groups excluding carboxylic acids is 1. The van der Waals surface area contributed by atoms with E-state index in [0.29, 0.717) is 15.9 Å². The average Bonchev–Trinajstić information content (AvgIpc) is 2.91. The fourth-order valence-electron chi connectivity index (χ4n) is 2.66. The summed E-state index contributed by atoms with van der Waals surface area (Å²) < 4.78 is 24.7. The van der Waals surface area contributed by atoms with Crippen molar-refractivity contribution in [2.24, 2.45) is 4.99 Å². The fourth-order valence-corrected chi connectivity index (χ4v) is 7.41. The quantitative estimate of drug-likeness (QED) is 0.638. The molecule has 2 heterocycles. The maximum Gasteiger partial charge on any atom is 0.262 e. The van der Waals surface area contributed by atoms with Gasteiger partial charge in [0.2, 0.25) is 0 Å². The third kappa shape index (κ3) is 3.56. The summed E-state index contributed by atoms with van der Waals surface area (Å²) in [5.41, 5.74) is 0.632. The largest absolute Gasteiger partial charge is 0.314 e. The van der Waals surface area contributed by atoms with Crippen LogP contribution >= 0.6 is 50.9 Å². The molecule has 124 valence electrons. The van der Waals surface area contributed by atoms with E-state index in [0.717, 1.165) is 4.47 Å². The Morgan fingerprint density at radius 2 is 2.17 bits per heavy atom. The Bertz CT molecular complexity index is 800. The first kappa shape index (κ1) is 17.5. The van der Waals surface area contributed by atoms with Gasteiger partial charge in [-0.1, -0.05) is 39.3 Å². The fraction of sp³-hybridized carbons (Fsp3) is 0.385. The predicted octanol–water partition coefficient (Wildman–Crippen LogP) is 2.94. The molecule has 0 spiro atoms. The molecule has 0 radical (unpaired) electrons. The minimum Gasteiger partial charge on any atom is -0.314 e. The summed E-state index contributed by atoms with van der Waals surface area (Å²) in [6.07, 6.45) is 0. The summed E-state index contributed by atoms with van der Waals surface area (Å²) in [6.45, 7) is 0. The van der Waals surface area contributed by atoms with Gasteiger partial charge in [0.1, 0.15) is 5.88 Å². The van der Waals surface area contributed by atoms with E-state index in [2.05, 4.69) is 20.9 Å². The summed E-state index contributed by atoms with van der Waals surface area (Å²) in [4.78, 5) is 17.4. The first-order valence-electron chi connectivity index (χ1n) is 6.59. The van der Waals surface area contributed by atoms with Crippen molar-refractivity contribution in [3.05, 3.63) is 27.7 Å². The lowest BCUT2D eigenvalue weighted by Crippen LogP contribution is -2.38. The molecule has 0 bridgehead atoms. The summed E-state index contributed by atoms with van der Waals surface area (Å²) in [5, 5.41) is 0.738. The van der Waals surface area contributed by atoms with Crippen LogP contribution in [0, 0.1) is 0 Å². The van der Waals surface area contributed by atoms with E-state index in [9.17, 15) is 13.2 Å². The number of anilines is 1. The van der Waals surface area contributed by atoms with Crippen LogP contribution in [0.3, 0.4) is 0 Å². The van der Waals surface area contributed by atoms with Crippen molar-refractivity contribution in [1.29, 1.82) is 0 Å². The second-order valence-corrected chi connectivity index (χ2v) is 10.1. The van der Waals surface area contributed by atoms with Gasteiger partial charge in [-0.25, -0.2) is 8.42 Å². The van der Waals surface area contributed by atoms with Gasteiger partial charge in [-0.2, -0.15) is 4.99 Å². The lowest BCUT2D eigenvalue weighted by molar-refractivity contribution is -0.115. The molecule has 1 amide bonds. The summed E-state index contributed by atoms with van der Waals surface area (Å²) in [6, 6.07) is 5.02. The van der Waals surface area contributed by atoms with E-state index < -0.39 is 15.7 Å². The SMILES string of the molecule is O=C(CCl)N=C1S[C@@H]2CS(=O)(=O)C[C@@H]2N1c1ccc(Br)cc1Cl. The maximum absolute atomic E-state index is 11.9. The summed E-state index contributed by atoms with van der Waals surface area (Å²) in [7, 11) is -3.11.